The van der Waals surface area contributed by atoms with Gasteiger partial charge in [-0.25, -0.2) is 0 Å². The Bertz CT molecular complexity index is 290. The normalized spacial score (nSPS) is 19.4. The third-order valence-corrected chi connectivity index (χ3v) is 3.52. The molecular weight excluding hydrogens is 212 g/mol. The summed E-state index contributed by atoms with van der Waals surface area (Å²) in [6, 6.07) is 4.69. The van der Waals surface area contributed by atoms with Crippen LogP contribution in [0.1, 0.15) is 24.6 Å². The van der Waals surface area contributed by atoms with Crippen molar-refractivity contribution < 1.29 is 0 Å². The lowest BCUT2D eigenvalue weighted by atomic mass is 10.1. The van der Waals surface area contributed by atoms with E-state index in [4.69, 9.17) is 0 Å². The van der Waals surface area contributed by atoms with E-state index in [9.17, 15) is 0 Å². The largest absolute Gasteiger partial charge is 0.364 e. The number of aromatic amines is 1. The van der Waals surface area contributed by atoms with Crippen molar-refractivity contribution in [3.63, 3.8) is 0 Å². The first-order valence-electron chi connectivity index (χ1n) is 6.64. The summed E-state index contributed by atoms with van der Waals surface area (Å²) in [5, 5.41) is 6.77. The highest BCUT2D eigenvalue weighted by atomic mass is 15.2. The minimum Gasteiger partial charge on any atom is -0.364 e. The van der Waals surface area contributed by atoms with Crippen molar-refractivity contribution in [3.05, 3.63) is 24.0 Å². The average Bonchev–Trinajstić information content (AvgIpc) is 2.90. The Morgan fingerprint density at radius 2 is 2.24 bits per heavy atom. The van der Waals surface area contributed by atoms with Gasteiger partial charge in [-0.3, -0.25) is 0 Å². The molecule has 1 atom stereocenters. The molecule has 1 aliphatic heterocycles. The molecule has 2 rings (SSSR count). The van der Waals surface area contributed by atoms with Crippen molar-refractivity contribution in [2.75, 3.05) is 39.8 Å². The van der Waals surface area contributed by atoms with Crippen LogP contribution >= 0.6 is 0 Å². The van der Waals surface area contributed by atoms with Crippen LogP contribution in [0.4, 0.5) is 0 Å². The smallest absolute Gasteiger partial charge is 0.0470 e. The Balaban J connectivity index is 1.69. The summed E-state index contributed by atoms with van der Waals surface area (Å²) < 4.78 is 0. The van der Waals surface area contributed by atoms with E-state index in [1.807, 2.05) is 13.2 Å². The van der Waals surface area contributed by atoms with Crippen molar-refractivity contribution in [1.82, 2.24) is 20.5 Å². The Labute approximate surface area is 104 Å². The lowest BCUT2D eigenvalue weighted by molar-refractivity contribution is 0.233. The van der Waals surface area contributed by atoms with Crippen LogP contribution in [0, 0.1) is 0 Å². The van der Waals surface area contributed by atoms with E-state index in [2.05, 4.69) is 32.7 Å². The standard InChI is InChI=1S/C13H24N4/c1-14-12(13-4-2-6-16-13)5-3-9-17-10-7-15-8-11-17/h2,4,6,12,14-16H,3,5,7-11H2,1H3. The second kappa shape index (κ2) is 6.79. The van der Waals surface area contributed by atoms with Crippen molar-refractivity contribution in [2.24, 2.45) is 0 Å². The van der Waals surface area contributed by atoms with Gasteiger partial charge >= 0.3 is 0 Å². The van der Waals surface area contributed by atoms with Crippen LogP contribution in [0.25, 0.3) is 0 Å². The van der Waals surface area contributed by atoms with Gasteiger partial charge in [-0.05, 0) is 38.6 Å². The number of H-pyrrole nitrogens is 1. The highest BCUT2D eigenvalue weighted by molar-refractivity contribution is 5.08. The van der Waals surface area contributed by atoms with Crippen LogP contribution in [0.15, 0.2) is 18.3 Å². The van der Waals surface area contributed by atoms with Gasteiger partial charge in [0.2, 0.25) is 0 Å². The number of nitrogens with one attached hydrogen (secondary N) is 3. The van der Waals surface area contributed by atoms with Gasteiger partial charge in [0, 0.05) is 44.1 Å². The van der Waals surface area contributed by atoms with Gasteiger partial charge in [0.15, 0.2) is 0 Å². The lowest BCUT2D eigenvalue weighted by Crippen LogP contribution is -2.43. The third kappa shape index (κ3) is 3.84. The van der Waals surface area contributed by atoms with Crippen LogP contribution in [0.5, 0.6) is 0 Å². The van der Waals surface area contributed by atoms with Crippen LogP contribution in [-0.4, -0.2) is 49.7 Å². The Morgan fingerprint density at radius 3 is 2.88 bits per heavy atom. The quantitative estimate of drug-likeness (QED) is 0.689. The maximum atomic E-state index is 3.39. The van der Waals surface area contributed by atoms with Crippen molar-refractivity contribution >= 4 is 0 Å². The van der Waals surface area contributed by atoms with Crippen LogP contribution in [-0.2, 0) is 0 Å². The number of rotatable bonds is 6. The van der Waals surface area contributed by atoms with Gasteiger partial charge in [0.25, 0.3) is 0 Å². The third-order valence-electron chi connectivity index (χ3n) is 3.52. The van der Waals surface area contributed by atoms with E-state index in [-0.39, 0.29) is 0 Å². The molecule has 3 N–H and O–H groups in total. The molecule has 1 unspecified atom stereocenters. The zero-order valence-corrected chi connectivity index (χ0v) is 10.7. The molecule has 4 heteroatoms. The van der Waals surface area contributed by atoms with E-state index < -0.39 is 0 Å². The average molecular weight is 236 g/mol. The second-order valence-corrected chi connectivity index (χ2v) is 4.70. The molecule has 1 fully saturated rings. The summed E-state index contributed by atoms with van der Waals surface area (Å²) in [4.78, 5) is 5.84. The van der Waals surface area contributed by atoms with E-state index in [1.165, 1.54) is 38.2 Å². The molecule has 2 heterocycles. The molecule has 1 aromatic heterocycles. The first-order chi connectivity index (χ1) is 8.40. The first-order valence-corrected chi connectivity index (χ1v) is 6.64. The van der Waals surface area contributed by atoms with E-state index in [0.717, 1.165) is 13.1 Å². The van der Waals surface area contributed by atoms with Crippen LogP contribution in [0.3, 0.4) is 0 Å². The Kier molecular flexibility index (Phi) is 5.04. The van der Waals surface area contributed by atoms with Crippen LogP contribution in [0.2, 0.25) is 0 Å². The van der Waals surface area contributed by atoms with Gasteiger partial charge in [-0.15, -0.1) is 0 Å². The van der Waals surface area contributed by atoms with Crippen molar-refractivity contribution in [2.45, 2.75) is 18.9 Å². The number of piperazine rings is 1. The summed E-state index contributed by atoms with van der Waals surface area (Å²) in [5.41, 5.74) is 1.30. The lowest BCUT2D eigenvalue weighted by Gasteiger charge is -2.27. The van der Waals surface area contributed by atoms with Gasteiger partial charge < -0.3 is 20.5 Å². The molecule has 1 aromatic rings. The highest BCUT2D eigenvalue weighted by Crippen LogP contribution is 2.16. The predicted octanol–water partition coefficient (Wildman–Crippen LogP) is 0.961. The molecular formula is C13H24N4. The monoisotopic (exact) mass is 236 g/mol. The first kappa shape index (κ1) is 12.6. The van der Waals surface area contributed by atoms with Crippen molar-refractivity contribution in [1.29, 1.82) is 0 Å². The SMILES string of the molecule is CNC(CCCN1CCNCC1)c1ccc[nH]1. The Morgan fingerprint density at radius 1 is 1.41 bits per heavy atom. The van der Waals surface area contributed by atoms with E-state index in [0.29, 0.717) is 6.04 Å². The molecule has 1 aliphatic rings. The topological polar surface area (TPSA) is 43.1 Å². The fourth-order valence-corrected chi connectivity index (χ4v) is 2.47. The Hall–Kier alpha value is -0.840. The maximum absolute atomic E-state index is 3.39. The molecule has 0 spiro atoms. The zero-order valence-electron chi connectivity index (χ0n) is 10.7. The van der Waals surface area contributed by atoms with E-state index >= 15 is 0 Å². The summed E-state index contributed by atoms with van der Waals surface area (Å²) in [6.07, 6.45) is 4.45. The highest BCUT2D eigenvalue weighted by Gasteiger charge is 2.12. The second-order valence-electron chi connectivity index (χ2n) is 4.70. The molecule has 0 bridgehead atoms. The molecule has 4 nitrogen and oxygen atoms in total. The predicted molar refractivity (Wildman–Crippen MR) is 71.1 cm³/mol. The summed E-state index contributed by atoms with van der Waals surface area (Å²) >= 11 is 0. The molecule has 0 radical (unpaired) electrons. The number of hydrogen-bond donors (Lipinski definition) is 3. The van der Waals surface area contributed by atoms with Gasteiger partial charge in [-0.2, -0.15) is 0 Å². The fourth-order valence-electron chi connectivity index (χ4n) is 2.47. The van der Waals surface area contributed by atoms with Gasteiger partial charge in [-0.1, -0.05) is 0 Å². The minimum atomic E-state index is 0.466. The van der Waals surface area contributed by atoms with Gasteiger partial charge in [0.05, 0.1) is 0 Å². The molecule has 0 amide bonds. The summed E-state index contributed by atoms with van der Waals surface area (Å²) in [6.45, 7) is 5.91. The molecule has 1 saturated heterocycles. The molecule has 0 aliphatic carbocycles. The minimum absolute atomic E-state index is 0.466. The summed E-state index contributed by atoms with van der Waals surface area (Å²) in [5.74, 6) is 0. The zero-order chi connectivity index (χ0) is 11.9. The maximum Gasteiger partial charge on any atom is 0.0470 e. The fraction of sp³-hybridized carbons (Fsp3) is 0.692. The van der Waals surface area contributed by atoms with Crippen LogP contribution < -0.4 is 10.6 Å². The van der Waals surface area contributed by atoms with E-state index in [1.54, 1.807) is 0 Å². The molecule has 0 aromatic carbocycles. The van der Waals surface area contributed by atoms with Crippen molar-refractivity contribution in [3.8, 4) is 0 Å². The number of hydrogen-bond acceptors (Lipinski definition) is 3. The molecule has 17 heavy (non-hydrogen) atoms. The number of nitrogens with zero attached hydrogens (tertiary/aromatic N) is 1. The summed E-state index contributed by atoms with van der Waals surface area (Å²) in [7, 11) is 2.04. The number of aromatic nitrogens is 1. The molecule has 96 valence electrons. The molecule has 0 saturated carbocycles. The van der Waals surface area contributed by atoms with Gasteiger partial charge in [0.1, 0.15) is 0 Å².